The van der Waals surface area contributed by atoms with Gasteiger partial charge in [0.05, 0.1) is 18.4 Å². The molecule has 0 unspecified atom stereocenters. The normalized spacial score (nSPS) is 9.77. The van der Waals surface area contributed by atoms with Crippen LogP contribution >= 0.6 is 0 Å². The number of esters is 1. The van der Waals surface area contributed by atoms with Crippen LogP contribution in [0.4, 0.5) is 0 Å². The number of aromatic nitrogens is 2. The van der Waals surface area contributed by atoms with E-state index in [0.717, 1.165) is 5.69 Å². The van der Waals surface area contributed by atoms with Gasteiger partial charge in [-0.25, -0.2) is 14.8 Å². The quantitative estimate of drug-likeness (QED) is 0.640. The Labute approximate surface area is 77.0 Å². The van der Waals surface area contributed by atoms with E-state index in [2.05, 4.69) is 14.7 Å². The van der Waals surface area contributed by atoms with E-state index in [-0.39, 0.29) is 5.97 Å². The molecule has 1 heterocycles. The molecule has 0 amide bonds. The lowest BCUT2D eigenvalue weighted by atomic mass is 10.2. The number of nitrogens with zero attached hydrogens (tertiary/aromatic N) is 2. The molecule has 4 heteroatoms. The summed E-state index contributed by atoms with van der Waals surface area (Å²) in [6.45, 7) is 3.73. The third-order valence-electron chi connectivity index (χ3n) is 1.73. The summed E-state index contributed by atoms with van der Waals surface area (Å²) in [5, 5.41) is 0. The molecule has 0 bridgehead atoms. The van der Waals surface area contributed by atoms with Crippen molar-refractivity contribution in [3.8, 4) is 0 Å². The molecule has 70 valence electrons. The summed E-state index contributed by atoms with van der Waals surface area (Å²) in [4.78, 5) is 19.3. The molecule has 0 aliphatic carbocycles. The number of carbonyl (C=O) groups excluding carboxylic acids is 1. The van der Waals surface area contributed by atoms with Crippen LogP contribution in [-0.4, -0.2) is 23.0 Å². The summed E-state index contributed by atoms with van der Waals surface area (Å²) in [7, 11) is 1.35. The lowest BCUT2D eigenvalue weighted by Gasteiger charge is -2.04. The summed E-state index contributed by atoms with van der Waals surface area (Å²) < 4.78 is 4.60. The number of aryl methyl sites for hydroxylation is 2. The summed E-state index contributed by atoms with van der Waals surface area (Å²) in [6.07, 6.45) is 2.21. The van der Waals surface area contributed by atoms with Crippen LogP contribution in [0.5, 0.6) is 0 Å². The Balaban J connectivity index is 3.13. The van der Waals surface area contributed by atoms with E-state index in [1.54, 1.807) is 6.92 Å². The zero-order chi connectivity index (χ0) is 9.84. The van der Waals surface area contributed by atoms with Gasteiger partial charge in [-0.2, -0.15) is 0 Å². The van der Waals surface area contributed by atoms with Gasteiger partial charge in [0, 0.05) is 6.20 Å². The smallest absolute Gasteiger partial charge is 0.341 e. The number of carbonyl (C=O) groups is 1. The van der Waals surface area contributed by atoms with E-state index in [1.165, 1.54) is 13.3 Å². The van der Waals surface area contributed by atoms with Crippen molar-refractivity contribution in [2.45, 2.75) is 20.3 Å². The number of hydrogen-bond donors (Lipinski definition) is 0. The fraction of sp³-hybridized carbons (Fsp3) is 0.444. The van der Waals surface area contributed by atoms with Crippen LogP contribution in [0.25, 0.3) is 0 Å². The van der Waals surface area contributed by atoms with E-state index in [9.17, 15) is 4.79 Å². The molecule has 1 aromatic rings. The minimum absolute atomic E-state index is 0.378. The van der Waals surface area contributed by atoms with Crippen molar-refractivity contribution in [2.24, 2.45) is 0 Å². The van der Waals surface area contributed by atoms with Gasteiger partial charge in [0.25, 0.3) is 0 Å². The number of ether oxygens (including phenoxy) is 1. The van der Waals surface area contributed by atoms with Gasteiger partial charge >= 0.3 is 5.97 Å². The maximum absolute atomic E-state index is 11.2. The molecule has 0 N–H and O–H groups in total. The van der Waals surface area contributed by atoms with Gasteiger partial charge in [0.2, 0.25) is 0 Å². The molecule has 4 nitrogen and oxygen atoms in total. The second-order valence-corrected chi connectivity index (χ2v) is 2.62. The van der Waals surface area contributed by atoms with Crippen LogP contribution in [0, 0.1) is 6.92 Å². The fourth-order valence-electron chi connectivity index (χ4n) is 1.07. The monoisotopic (exact) mass is 180 g/mol. The molecule has 1 rings (SSSR count). The molecule has 1 aromatic heterocycles. The Kier molecular flexibility index (Phi) is 2.95. The van der Waals surface area contributed by atoms with Crippen LogP contribution < -0.4 is 0 Å². The second-order valence-electron chi connectivity index (χ2n) is 2.62. The molecule has 0 spiro atoms. The molecule has 0 saturated carbocycles. The average Bonchev–Trinajstić information content (AvgIpc) is 2.16. The van der Waals surface area contributed by atoms with Gasteiger partial charge in [-0.15, -0.1) is 0 Å². The first-order valence-corrected chi connectivity index (χ1v) is 4.09. The van der Waals surface area contributed by atoms with Gasteiger partial charge in [-0.1, -0.05) is 6.92 Å². The van der Waals surface area contributed by atoms with Crippen LogP contribution in [0.2, 0.25) is 0 Å². The summed E-state index contributed by atoms with van der Waals surface area (Å²) in [5.74, 6) is 0.293. The first-order chi connectivity index (χ1) is 6.19. The molecule has 0 atom stereocenters. The van der Waals surface area contributed by atoms with E-state index in [0.29, 0.717) is 17.8 Å². The third-order valence-corrected chi connectivity index (χ3v) is 1.73. The maximum atomic E-state index is 11.2. The highest BCUT2D eigenvalue weighted by molar-refractivity contribution is 5.90. The van der Waals surface area contributed by atoms with Crippen LogP contribution in [0.15, 0.2) is 6.20 Å². The second kappa shape index (κ2) is 3.98. The Hall–Kier alpha value is -1.45. The number of rotatable bonds is 2. The van der Waals surface area contributed by atoms with Crippen LogP contribution in [-0.2, 0) is 11.2 Å². The minimum Gasteiger partial charge on any atom is -0.465 e. The Morgan fingerprint density at radius 3 is 2.85 bits per heavy atom. The molecular weight excluding hydrogens is 168 g/mol. The fourth-order valence-corrected chi connectivity index (χ4v) is 1.07. The van der Waals surface area contributed by atoms with E-state index >= 15 is 0 Å². The lowest BCUT2D eigenvalue weighted by molar-refractivity contribution is 0.0598. The van der Waals surface area contributed by atoms with Gasteiger partial charge < -0.3 is 4.74 Å². The molecule has 0 aliphatic rings. The molecule has 13 heavy (non-hydrogen) atoms. The van der Waals surface area contributed by atoms with Gasteiger partial charge in [-0.05, 0) is 13.3 Å². The van der Waals surface area contributed by atoms with Crippen LogP contribution in [0.3, 0.4) is 0 Å². The van der Waals surface area contributed by atoms with Crippen molar-refractivity contribution in [2.75, 3.05) is 7.11 Å². The molecule has 0 radical (unpaired) electrons. The van der Waals surface area contributed by atoms with E-state index in [4.69, 9.17) is 0 Å². The third kappa shape index (κ3) is 2.02. The molecule has 0 aliphatic heterocycles. The largest absolute Gasteiger partial charge is 0.465 e. The lowest BCUT2D eigenvalue weighted by Crippen LogP contribution is -2.09. The topological polar surface area (TPSA) is 52.1 Å². The average molecular weight is 180 g/mol. The summed E-state index contributed by atoms with van der Waals surface area (Å²) in [5.41, 5.74) is 1.19. The number of hydrogen-bond acceptors (Lipinski definition) is 4. The van der Waals surface area contributed by atoms with Crippen molar-refractivity contribution < 1.29 is 9.53 Å². The van der Waals surface area contributed by atoms with Crippen molar-refractivity contribution in [3.05, 3.63) is 23.3 Å². The van der Waals surface area contributed by atoms with Gasteiger partial charge in [-0.3, -0.25) is 0 Å². The summed E-state index contributed by atoms with van der Waals surface area (Å²) in [6, 6.07) is 0. The van der Waals surface area contributed by atoms with Gasteiger partial charge in [0.15, 0.2) is 0 Å². The van der Waals surface area contributed by atoms with E-state index in [1.807, 2.05) is 6.92 Å². The first kappa shape index (κ1) is 9.64. The predicted molar refractivity (Wildman–Crippen MR) is 47.5 cm³/mol. The zero-order valence-electron chi connectivity index (χ0n) is 8.00. The minimum atomic E-state index is -0.378. The standard InChI is InChI=1S/C9H12N2O2/c1-4-8-7(9(12)13-3)5-10-6(2)11-8/h5H,4H2,1-3H3. The number of methoxy groups -OCH3 is 1. The highest BCUT2D eigenvalue weighted by Gasteiger charge is 2.12. The first-order valence-electron chi connectivity index (χ1n) is 4.09. The molecule has 0 aromatic carbocycles. The molecular formula is C9H12N2O2. The molecule has 0 saturated heterocycles. The predicted octanol–water partition coefficient (Wildman–Crippen LogP) is 1.13. The SMILES string of the molecule is CCc1nc(C)ncc1C(=O)OC. The Morgan fingerprint density at radius 2 is 2.31 bits per heavy atom. The highest BCUT2D eigenvalue weighted by Crippen LogP contribution is 2.07. The highest BCUT2D eigenvalue weighted by atomic mass is 16.5. The van der Waals surface area contributed by atoms with E-state index < -0.39 is 0 Å². The summed E-state index contributed by atoms with van der Waals surface area (Å²) >= 11 is 0. The van der Waals surface area contributed by atoms with Crippen molar-refractivity contribution in [1.29, 1.82) is 0 Å². The van der Waals surface area contributed by atoms with Crippen molar-refractivity contribution in [1.82, 2.24) is 9.97 Å². The molecule has 0 fully saturated rings. The van der Waals surface area contributed by atoms with Crippen molar-refractivity contribution in [3.63, 3.8) is 0 Å². The van der Waals surface area contributed by atoms with Crippen molar-refractivity contribution >= 4 is 5.97 Å². The Bertz CT molecular complexity index is 323. The van der Waals surface area contributed by atoms with Crippen LogP contribution in [0.1, 0.15) is 28.8 Å². The maximum Gasteiger partial charge on any atom is 0.341 e. The van der Waals surface area contributed by atoms with Gasteiger partial charge in [0.1, 0.15) is 5.82 Å². The zero-order valence-corrected chi connectivity index (χ0v) is 8.00. The Morgan fingerprint density at radius 1 is 1.62 bits per heavy atom.